The molecule has 0 aliphatic carbocycles. The lowest BCUT2D eigenvalue weighted by Gasteiger charge is -2.24. The summed E-state index contributed by atoms with van der Waals surface area (Å²) in [5.41, 5.74) is 8.04. The molecule has 0 saturated carbocycles. The summed E-state index contributed by atoms with van der Waals surface area (Å²) in [5.74, 6) is 2.04. The van der Waals surface area contributed by atoms with Crippen molar-refractivity contribution in [2.75, 3.05) is 19.8 Å². The molecular weight excluding hydrogens is 190 g/mol. The van der Waals surface area contributed by atoms with Gasteiger partial charge >= 0.3 is 0 Å². The fourth-order valence-corrected chi connectivity index (χ4v) is 1.82. The van der Waals surface area contributed by atoms with E-state index in [4.69, 9.17) is 15.2 Å². The summed E-state index contributed by atoms with van der Waals surface area (Å²) in [6, 6.07) is 4.15. The molecule has 1 unspecified atom stereocenters. The van der Waals surface area contributed by atoms with Crippen LogP contribution in [0, 0.1) is 6.92 Å². The summed E-state index contributed by atoms with van der Waals surface area (Å²) in [5, 5.41) is 0. The van der Waals surface area contributed by atoms with Crippen LogP contribution in [0.25, 0.3) is 0 Å². The fourth-order valence-electron chi connectivity index (χ4n) is 1.82. The van der Waals surface area contributed by atoms with Crippen LogP contribution in [-0.4, -0.2) is 19.8 Å². The summed E-state index contributed by atoms with van der Waals surface area (Å²) in [6.07, 6.45) is 0. The molecule has 1 aliphatic heterocycles. The van der Waals surface area contributed by atoms with Gasteiger partial charge in [0.2, 0.25) is 0 Å². The van der Waals surface area contributed by atoms with Crippen molar-refractivity contribution in [3.05, 3.63) is 23.3 Å². The van der Waals surface area contributed by atoms with Gasteiger partial charge in [-0.2, -0.15) is 0 Å². The SMILES string of the molecule is Cc1cc2c(c(C(C)CN)c1)OCCO2. The quantitative estimate of drug-likeness (QED) is 0.804. The van der Waals surface area contributed by atoms with Gasteiger partial charge in [0.05, 0.1) is 0 Å². The van der Waals surface area contributed by atoms with Crippen molar-refractivity contribution in [2.45, 2.75) is 19.8 Å². The summed E-state index contributed by atoms with van der Waals surface area (Å²) in [7, 11) is 0. The number of fused-ring (bicyclic) bond motifs is 1. The molecule has 0 radical (unpaired) electrons. The number of rotatable bonds is 2. The molecule has 1 aromatic carbocycles. The van der Waals surface area contributed by atoms with Crippen molar-refractivity contribution in [3.8, 4) is 11.5 Å². The number of hydrogen-bond donors (Lipinski definition) is 1. The molecule has 15 heavy (non-hydrogen) atoms. The van der Waals surface area contributed by atoms with Gasteiger partial charge in [0.1, 0.15) is 13.2 Å². The minimum atomic E-state index is 0.306. The van der Waals surface area contributed by atoms with Crippen LogP contribution in [0.15, 0.2) is 12.1 Å². The predicted octanol–water partition coefficient (Wildman–Crippen LogP) is 1.83. The van der Waals surface area contributed by atoms with Crippen LogP contribution in [0.5, 0.6) is 11.5 Å². The Morgan fingerprint density at radius 2 is 2.07 bits per heavy atom. The van der Waals surface area contributed by atoms with Crippen molar-refractivity contribution in [1.29, 1.82) is 0 Å². The average Bonchev–Trinajstić information content (AvgIpc) is 2.26. The first kappa shape index (κ1) is 10.3. The van der Waals surface area contributed by atoms with Crippen molar-refractivity contribution in [1.82, 2.24) is 0 Å². The van der Waals surface area contributed by atoms with E-state index in [0.717, 1.165) is 17.1 Å². The number of aryl methyl sites for hydroxylation is 1. The van der Waals surface area contributed by atoms with Gasteiger partial charge < -0.3 is 15.2 Å². The van der Waals surface area contributed by atoms with Gasteiger partial charge in [0.25, 0.3) is 0 Å². The largest absolute Gasteiger partial charge is 0.486 e. The van der Waals surface area contributed by atoms with Crippen LogP contribution >= 0.6 is 0 Å². The molecule has 1 aromatic rings. The maximum absolute atomic E-state index is 5.69. The Hall–Kier alpha value is -1.22. The second-order valence-corrected chi connectivity index (χ2v) is 4.02. The van der Waals surface area contributed by atoms with Crippen LogP contribution < -0.4 is 15.2 Å². The van der Waals surface area contributed by atoms with Crippen LogP contribution in [0.3, 0.4) is 0 Å². The minimum absolute atomic E-state index is 0.306. The molecule has 82 valence electrons. The fraction of sp³-hybridized carbons (Fsp3) is 0.500. The zero-order chi connectivity index (χ0) is 10.8. The van der Waals surface area contributed by atoms with Gasteiger partial charge in [-0.15, -0.1) is 0 Å². The van der Waals surface area contributed by atoms with Crippen molar-refractivity contribution in [2.24, 2.45) is 5.73 Å². The normalized spacial score (nSPS) is 16.2. The number of benzene rings is 1. The first-order valence-corrected chi connectivity index (χ1v) is 5.32. The topological polar surface area (TPSA) is 44.5 Å². The lowest BCUT2D eigenvalue weighted by Crippen LogP contribution is -2.19. The van der Waals surface area contributed by atoms with E-state index >= 15 is 0 Å². The minimum Gasteiger partial charge on any atom is -0.486 e. The Bertz CT molecular complexity index is 363. The van der Waals surface area contributed by atoms with Gasteiger partial charge in [-0.05, 0) is 31.0 Å². The molecule has 0 bridgehead atoms. The van der Waals surface area contributed by atoms with Gasteiger partial charge in [-0.3, -0.25) is 0 Å². The predicted molar refractivity (Wildman–Crippen MR) is 59.6 cm³/mol. The van der Waals surface area contributed by atoms with Gasteiger partial charge in [-0.25, -0.2) is 0 Å². The highest BCUT2D eigenvalue weighted by Crippen LogP contribution is 2.38. The van der Waals surface area contributed by atoms with Gasteiger partial charge in [0, 0.05) is 5.56 Å². The molecule has 1 heterocycles. The third-order valence-electron chi connectivity index (χ3n) is 2.70. The Balaban J connectivity index is 2.47. The zero-order valence-electron chi connectivity index (χ0n) is 9.25. The number of hydrogen-bond acceptors (Lipinski definition) is 3. The average molecular weight is 207 g/mol. The van der Waals surface area contributed by atoms with E-state index in [0.29, 0.717) is 25.7 Å². The van der Waals surface area contributed by atoms with Crippen molar-refractivity contribution < 1.29 is 9.47 Å². The Morgan fingerprint density at radius 1 is 1.33 bits per heavy atom. The van der Waals surface area contributed by atoms with Crippen molar-refractivity contribution >= 4 is 0 Å². The Morgan fingerprint density at radius 3 is 2.80 bits per heavy atom. The standard InChI is InChI=1S/C12H17NO2/c1-8-5-10(9(2)7-13)12-11(6-8)14-3-4-15-12/h5-6,9H,3-4,7,13H2,1-2H3. The van der Waals surface area contributed by atoms with Crippen LogP contribution in [0.2, 0.25) is 0 Å². The first-order valence-electron chi connectivity index (χ1n) is 5.32. The lowest BCUT2D eigenvalue weighted by molar-refractivity contribution is 0.169. The molecule has 1 aliphatic rings. The highest BCUT2D eigenvalue weighted by Gasteiger charge is 2.19. The Labute approximate surface area is 90.2 Å². The molecule has 0 spiro atoms. The summed E-state index contributed by atoms with van der Waals surface area (Å²) in [6.45, 7) is 6.05. The van der Waals surface area contributed by atoms with E-state index < -0.39 is 0 Å². The third kappa shape index (κ3) is 1.92. The highest BCUT2D eigenvalue weighted by atomic mass is 16.6. The van der Waals surface area contributed by atoms with E-state index in [1.54, 1.807) is 0 Å². The smallest absolute Gasteiger partial charge is 0.164 e. The summed E-state index contributed by atoms with van der Waals surface area (Å²) < 4.78 is 11.2. The summed E-state index contributed by atoms with van der Waals surface area (Å²) in [4.78, 5) is 0. The second kappa shape index (κ2) is 4.11. The molecule has 3 nitrogen and oxygen atoms in total. The third-order valence-corrected chi connectivity index (χ3v) is 2.70. The number of nitrogens with two attached hydrogens (primary N) is 1. The maximum atomic E-state index is 5.69. The molecule has 0 saturated heterocycles. The molecule has 2 N–H and O–H groups in total. The highest BCUT2D eigenvalue weighted by molar-refractivity contribution is 5.51. The molecule has 1 atom stereocenters. The van der Waals surface area contributed by atoms with E-state index in [2.05, 4.69) is 19.9 Å². The monoisotopic (exact) mass is 207 g/mol. The second-order valence-electron chi connectivity index (χ2n) is 4.02. The van der Waals surface area contributed by atoms with Gasteiger partial charge in [0.15, 0.2) is 11.5 Å². The molecule has 0 amide bonds. The van der Waals surface area contributed by atoms with Gasteiger partial charge in [-0.1, -0.05) is 13.0 Å². The maximum Gasteiger partial charge on any atom is 0.164 e. The summed E-state index contributed by atoms with van der Waals surface area (Å²) >= 11 is 0. The number of ether oxygens (including phenoxy) is 2. The lowest BCUT2D eigenvalue weighted by atomic mass is 9.97. The van der Waals surface area contributed by atoms with Crippen molar-refractivity contribution in [3.63, 3.8) is 0 Å². The molecule has 3 heteroatoms. The molecule has 0 aromatic heterocycles. The van der Waals surface area contributed by atoms with E-state index in [1.165, 1.54) is 5.56 Å². The van der Waals surface area contributed by atoms with Crippen LogP contribution in [-0.2, 0) is 0 Å². The van der Waals surface area contributed by atoms with E-state index in [1.807, 2.05) is 6.07 Å². The van der Waals surface area contributed by atoms with Crippen LogP contribution in [0.4, 0.5) is 0 Å². The van der Waals surface area contributed by atoms with Crippen LogP contribution in [0.1, 0.15) is 24.0 Å². The molecule has 0 fully saturated rings. The molecule has 2 rings (SSSR count). The molecular formula is C12H17NO2. The Kier molecular flexibility index (Phi) is 2.82. The first-order chi connectivity index (χ1) is 7.22. The van der Waals surface area contributed by atoms with E-state index in [9.17, 15) is 0 Å². The zero-order valence-corrected chi connectivity index (χ0v) is 9.25. The van der Waals surface area contributed by atoms with E-state index in [-0.39, 0.29) is 0 Å².